The van der Waals surface area contributed by atoms with Gasteiger partial charge in [-0.15, -0.1) is 0 Å². The third-order valence-corrected chi connectivity index (χ3v) is 2.92. The summed E-state index contributed by atoms with van der Waals surface area (Å²) in [4.78, 5) is 22.5. The van der Waals surface area contributed by atoms with E-state index in [1.165, 1.54) is 6.07 Å². The molecule has 0 saturated heterocycles. The molecule has 2 atom stereocenters. The van der Waals surface area contributed by atoms with Crippen LogP contribution in [-0.2, 0) is 4.79 Å². The molecular weight excluding hydrogens is 251 g/mol. The van der Waals surface area contributed by atoms with Crippen molar-refractivity contribution in [3.63, 3.8) is 0 Å². The molecule has 0 aromatic heterocycles. The minimum Gasteiger partial charge on any atom is -0.478 e. The van der Waals surface area contributed by atoms with E-state index in [4.69, 9.17) is 10.8 Å². The van der Waals surface area contributed by atoms with E-state index in [1.807, 2.05) is 0 Å². The van der Waals surface area contributed by atoms with E-state index < -0.39 is 17.3 Å². The summed E-state index contributed by atoms with van der Waals surface area (Å²) in [5, 5.41) is 11.2. The second-order valence-corrected chi connectivity index (χ2v) is 4.38. The predicted octanol–water partition coefficient (Wildman–Crippen LogP) is 1.37. The monoisotopic (exact) mass is 264 g/mol. The highest BCUT2D eigenvalue weighted by Gasteiger charge is 2.23. The number of hydrogen-bond acceptors (Lipinski definition) is 3. The van der Waals surface area contributed by atoms with Crippen LogP contribution in [0.25, 0.3) is 0 Å². The fourth-order valence-corrected chi connectivity index (χ4v) is 1.92. The average Bonchev–Trinajstić information content (AvgIpc) is 2.75. The van der Waals surface area contributed by atoms with Crippen LogP contribution in [0, 0.1) is 11.7 Å². The zero-order chi connectivity index (χ0) is 14.0. The number of benzene rings is 1. The topological polar surface area (TPSA) is 92.4 Å². The van der Waals surface area contributed by atoms with Gasteiger partial charge in [-0.25, -0.2) is 9.18 Å². The van der Waals surface area contributed by atoms with Gasteiger partial charge < -0.3 is 16.2 Å². The minimum atomic E-state index is -1.35. The van der Waals surface area contributed by atoms with Crippen LogP contribution in [0.5, 0.6) is 0 Å². The van der Waals surface area contributed by atoms with Gasteiger partial charge in [0.25, 0.3) is 0 Å². The van der Waals surface area contributed by atoms with Crippen molar-refractivity contribution in [3.05, 3.63) is 41.7 Å². The van der Waals surface area contributed by atoms with Crippen LogP contribution >= 0.6 is 0 Å². The Morgan fingerprint density at radius 2 is 2.11 bits per heavy atom. The van der Waals surface area contributed by atoms with Crippen molar-refractivity contribution < 1.29 is 19.1 Å². The van der Waals surface area contributed by atoms with Gasteiger partial charge in [-0.3, -0.25) is 4.79 Å². The molecule has 0 heterocycles. The summed E-state index contributed by atoms with van der Waals surface area (Å²) in [6.45, 7) is 0. The summed E-state index contributed by atoms with van der Waals surface area (Å²) >= 11 is 0. The fraction of sp³-hybridized carbons (Fsp3) is 0.231. The Hall–Kier alpha value is -2.21. The Balaban J connectivity index is 2.08. The molecule has 1 aromatic rings. The molecule has 1 aliphatic rings. The fourth-order valence-electron chi connectivity index (χ4n) is 1.92. The van der Waals surface area contributed by atoms with Crippen molar-refractivity contribution in [1.29, 1.82) is 0 Å². The lowest BCUT2D eigenvalue weighted by atomic mass is 10.1. The molecule has 0 bridgehead atoms. The average molecular weight is 264 g/mol. The van der Waals surface area contributed by atoms with Crippen molar-refractivity contribution in [3.8, 4) is 0 Å². The number of nitrogens with two attached hydrogens (primary N) is 1. The molecule has 2 unspecified atom stereocenters. The van der Waals surface area contributed by atoms with Gasteiger partial charge in [-0.1, -0.05) is 12.2 Å². The lowest BCUT2D eigenvalue weighted by molar-refractivity contribution is -0.118. The van der Waals surface area contributed by atoms with Gasteiger partial charge in [-0.2, -0.15) is 0 Å². The molecule has 1 aliphatic carbocycles. The second kappa shape index (κ2) is 5.19. The third-order valence-electron chi connectivity index (χ3n) is 2.92. The molecule has 0 saturated carbocycles. The molecule has 6 heteroatoms. The molecule has 2 rings (SSSR count). The van der Waals surface area contributed by atoms with E-state index in [9.17, 15) is 14.0 Å². The van der Waals surface area contributed by atoms with Crippen LogP contribution in [0.1, 0.15) is 16.8 Å². The number of rotatable bonds is 3. The number of carbonyl (C=O) groups is 2. The Bertz CT molecular complexity index is 557. The van der Waals surface area contributed by atoms with Crippen LogP contribution in [-0.4, -0.2) is 23.0 Å². The zero-order valence-corrected chi connectivity index (χ0v) is 9.97. The third kappa shape index (κ3) is 2.97. The van der Waals surface area contributed by atoms with Crippen LogP contribution in [0.15, 0.2) is 30.4 Å². The highest BCUT2D eigenvalue weighted by Crippen LogP contribution is 2.20. The van der Waals surface area contributed by atoms with Gasteiger partial charge >= 0.3 is 5.97 Å². The van der Waals surface area contributed by atoms with E-state index >= 15 is 0 Å². The summed E-state index contributed by atoms with van der Waals surface area (Å²) in [6.07, 6.45) is 3.97. The number of aromatic carboxylic acids is 1. The molecule has 0 fully saturated rings. The number of halogens is 1. The maximum Gasteiger partial charge on any atom is 0.338 e. The van der Waals surface area contributed by atoms with E-state index in [-0.39, 0.29) is 23.6 Å². The number of hydrogen-bond donors (Lipinski definition) is 3. The molecule has 100 valence electrons. The molecule has 19 heavy (non-hydrogen) atoms. The van der Waals surface area contributed by atoms with Crippen molar-refractivity contribution in [2.45, 2.75) is 12.5 Å². The van der Waals surface area contributed by atoms with E-state index in [2.05, 4.69) is 5.32 Å². The van der Waals surface area contributed by atoms with Crippen LogP contribution in [0.2, 0.25) is 0 Å². The number of carbonyl (C=O) groups excluding carboxylic acids is 1. The largest absolute Gasteiger partial charge is 0.478 e. The van der Waals surface area contributed by atoms with Gasteiger partial charge in [0, 0.05) is 11.7 Å². The van der Waals surface area contributed by atoms with Crippen LogP contribution in [0.4, 0.5) is 10.1 Å². The van der Waals surface area contributed by atoms with Crippen molar-refractivity contribution in [2.24, 2.45) is 11.7 Å². The summed E-state index contributed by atoms with van der Waals surface area (Å²) in [7, 11) is 0. The summed E-state index contributed by atoms with van der Waals surface area (Å²) in [5.41, 5.74) is 5.44. The number of amides is 1. The Kier molecular flexibility index (Phi) is 3.62. The number of nitrogens with one attached hydrogen (secondary N) is 1. The molecule has 1 amide bonds. The standard InChI is InChI=1S/C13H13FN2O3/c14-11-6-9(3-4-10(11)13(18)19)16-12(17)7-1-2-8(15)5-7/h1-4,6-8H,5,15H2,(H,16,17)(H,18,19). The highest BCUT2D eigenvalue weighted by molar-refractivity contribution is 5.95. The molecule has 0 spiro atoms. The number of carboxylic acids is 1. The van der Waals surface area contributed by atoms with E-state index in [0.29, 0.717) is 6.42 Å². The molecule has 0 aliphatic heterocycles. The van der Waals surface area contributed by atoms with E-state index in [0.717, 1.165) is 12.1 Å². The maximum absolute atomic E-state index is 13.4. The van der Waals surface area contributed by atoms with Crippen LogP contribution in [0.3, 0.4) is 0 Å². The molecule has 0 radical (unpaired) electrons. The first-order valence-corrected chi connectivity index (χ1v) is 5.75. The predicted molar refractivity (Wildman–Crippen MR) is 67.2 cm³/mol. The minimum absolute atomic E-state index is 0.137. The number of anilines is 1. The molecule has 4 N–H and O–H groups in total. The Labute approximate surface area is 108 Å². The highest BCUT2D eigenvalue weighted by atomic mass is 19.1. The molecule has 5 nitrogen and oxygen atoms in total. The first-order chi connectivity index (χ1) is 8.97. The van der Waals surface area contributed by atoms with Crippen molar-refractivity contribution in [1.82, 2.24) is 0 Å². The van der Waals surface area contributed by atoms with Gasteiger partial charge in [0.1, 0.15) is 5.82 Å². The van der Waals surface area contributed by atoms with Crippen molar-refractivity contribution in [2.75, 3.05) is 5.32 Å². The quantitative estimate of drug-likeness (QED) is 0.719. The summed E-state index contributed by atoms with van der Waals surface area (Å²) in [5.74, 6) is -2.85. The summed E-state index contributed by atoms with van der Waals surface area (Å²) < 4.78 is 13.4. The van der Waals surface area contributed by atoms with Gasteiger partial charge in [-0.05, 0) is 24.6 Å². The first kappa shape index (κ1) is 13.2. The molecule has 1 aromatic carbocycles. The Morgan fingerprint density at radius 1 is 1.37 bits per heavy atom. The SMILES string of the molecule is NC1C=CC(C(=O)Nc2ccc(C(=O)O)c(F)c2)C1. The Morgan fingerprint density at radius 3 is 2.63 bits per heavy atom. The smallest absolute Gasteiger partial charge is 0.338 e. The lowest BCUT2D eigenvalue weighted by Gasteiger charge is -2.11. The van der Waals surface area contributed by atoms with Gasteiger partial charge in [0.15, 0.2) is 0 Å². The van der Waals surface area contributed by atoms with Gasteiger partial charge in [0.2, 0.25) is 5.91 Å². The first-order valence-electron chi connectivity index (χ1n) is 5.75. The van der Waals surface area contributed by atoms with Crippen LogP contribution < -0.4 is 11.1 Å². The van der Waals surface area contributed by atoms with Gasteiger partial charge in [0.05, 0.1) is 11.5 Å². The lowest BCUT2D eigenvalue weighted by Crippen LogP contribution is -2.24. The number of carboxylic acid groups (broad SMARTS) is 1. The second-order valence-electron chi connectivity index (χ2n) is 4.38. The molecular formula is C13H13FN2O3. The van der Waals surface area contributed by atoms with E-state index in [1.54, 1.807) is 12.2 Å². The van der Waals surface area contributed by atoms with Crippen molar-refractivity contribution >= 4 is 17.6 Å². The maximum atomic E-state index is 13.4. The zero-order valence-electron chi connectivity index (χ0n) is 9.97. The normalized spacial score (nSPS) is 21.4. The summed E-state index contributed by atoms with van der Waals surface area (Å²) in [6, 6.07) is 3.31.